The summed E-state index contributed by atoms with van der Waals surface area (Å²) in [5, 5.41) is 3.34. The SMILES string of the molecule is O=S(=O)(NC1CC2CCC(C1)N2)c1c(F)cc(F)cc1F. The number of fused-ring (bicyclic) bond motifs is 2. The summed E-state index contributed by atoms with van der Waals surface area (Å²) >= 11 is 0. The van der Waals surface area contributed by atoms with Crippen molar-refractivity contribution < 1.29 is 21.6 Å². The van der Waals surface area contributed by atoms with Gasteiger partial charge in [-0.15, -0.1) is 0 Å². The third-order valence-corrected chi connectivity index (χ3v) is 5.60. The lowest BCUT2D eigenvalue weighted by atomic mass is 10.0. The van der Waals surface area contributed by atoms with Gasteiger partial charge < -0.3 is 5.32 Å². The zero-order chi connectivity index (χ0) is 15.2. The molecular formula is C13H15F3N2O2S. The van der Waals surface area contributed by atoms with E-state index in [0.717, 1.165) is 12.8 Å². The third kappa shape index (κ3) is 2.93. The third-order valence-electron chi connectivity index (χ3n) is 4.03. The summed E-state index contributed by atoms with van der Waals surface area (Å²) < 4.78 is 66.7. The molecule has 3 rings (SSSR count). The molecule has 2 bridgehead atoms. The van der Waals surface area contributed by atoms with Crippen LogP contribution in [0.25, 0.3) is 0 Å². The molecule has 2 N–H and O–H groups in total. The molecule has 1 aromatic rings. The fraction of sp³-hybridized carbons (Fsp3) is 0.538. The minimum Gasteiger partial charge on any atom is -0.311 e. The molecule has 2 heterocycles. The summed E-state index contributed by atoms with van der Waals surface area (Å²) in [7, 11) is -4.35. The van der Waals surface area contributed by atoms with Gasteiger partial charge in [0.2, 0.25) is 10.0 Å². The molecule has 4 nitrogen and oxygen atoms in total. The van der Waals surface area contributed by atoms with Crippen LogP contribution < -0.4 is 10.0 Å². The molecule has 0 aromatic heterocycles. The number of sulfonamides is 1. The fourth-order valence-corrected chi connectivity index (χ4v) is 4.60. The highest BCUT2D eigenvalue weighted by molar-refractivity contribution is 7.89. The summed E-state index contributed by atoms with van der Waals surface area (Å²) in [6.07, 6.45) is 3.12. The van der Waals surface area contributed by atoms with Gasteiger partial charge in [0.25, 0.3) is 0 Å². The predicted molar refractivity (Wildman–Crippen MR) is 69.6 cm³/mol. The average molecular weight is 320 g/mol. The van der Waals surface area contributed by atoms with Crippen molar-refractivity contribution in [1.29, 1.82) is 0 Å². The summed E-state index contributed by atoms with van der Waals surface area (Å²) in [4.78, 5) is -1.12. The number of nitrogens with one attached hydrogen (secondary N) is 2. The summed E-state index contributed by atoms with van der Waals surface area (Å²) in [5.41, 5.74) is 0. The number of piperidine rings is 1. The quantitative estimate of drug-likeness (QED) is 0.891. The minimum absolute atomic E-state index is 0.236. The summed E-state index contributed by atoms with van der Waals surface area (Å²) in [6, 6.07) is 0.837. The van der Waals surface area contributed by atoms with Gasteiger partial charge in [-0.2, -0.15) is 0 Å². The Hall–Kier alpha value is -1.12. The molecule has 0 spiro atoms. The van der Waals surface area contributed by atoms with Crippen LogP contribution in [0.2, 0.25) is 0 Å². The molecule has 2 aliphatic rings. The van der Waals surface area contributed by atoms with Gasteiger partial charge in [-0.1, -0.05) is 0 Å². The Morgan fingerprint density at radius 2 is 1.57 bits per heavy atom. The molecule has 21 heavy (non-hydrogen) atoms. The Kier molecular flexibility index (Phi) is 3.71. The van der Waals surface area contributed by atoms with Crippen molar-refractivity contribution in [2.75, 3.05) is 0 Å². The Bertz CT molecular complexity index is 630. The molecule has 2 fully saturated rings. The maximum atomic E-state index is 13.6. The summed E-state index contributed by atoms with van der Waals surface area (Å²) in [5.74, 6) is -3.99. The van der Waals surface area contributed by atoms with Gasteiger partial charge in [0.15, 0.2) is 4.90 Å². The first kappa shape index (κ1) is 14.8. The molecule has 2 unspecified atom stereocenters. The highest BCUT2D eigenvalue weighted by atomic mass is 32.2. The first-order chi connectivity index (χ1) is 9.85. The summed E-state index contributed by atoms with van der Waals surface area (Å²) in [6.45, 7) is 0. The topological polar surface area (TPSA) is 58.2 Å². The fourth-order valence-electron chi connectivity index (χ4n) is 3.22. The van der Waals surface area contributed by atoms with Crippen LogP contribution in [0.15, 0.2) is 17.0 Å². The van der Waals surface area contributed by atoms with E-state index in [4.69, 9.17) is 0 Å². The Morgan fingerprint density at radius 1 is 1.05 bits per heavy atom. The maximum Gasteiger partial charge on any atom is 0.246 e. The molecule has 1 aromatic carbocycles. The Morgan fingerprint density at radius 3 is 2.10 bits per heavy atom. The second kappa shape index (κ2) is 5.26. The van der Waals surface area contributed by atoms with Gasteiger partial charge in [0.1, 0.15) is 17.5 Å². The van der Waals surface area contributed by atoms with Crippen molar-refractivity contribution >= 4 is 10.0 Å². The van der Waals surface area contributed by atoms with Crippen molar-refractivity contribution in [3.05, 3.63) is 29.6 Å². The van der Waals surface area contributed by atoms with Crippen LogP contribution in [-0.4, -0.2) is 26.5 Å². The predicted octanol–water partition coefficient (Wildman–Crippen LogP) is 1.67. The standard InChI is InChI=1S/C13H15F3N2O2S/c14-7-3-11(15)13(12(16)4-7)21(19,20)18-10-5-8-1-2-9(6-10)17-8/h3-4,8-10,17-18H,1-2,5-6H2. The van der Waals surface area contributed by atoms with Gasteiger partial charge >= 0.3 is 0 Å². The van der Waals surface area contributed by atoms with Crippen molar-refractivity contribution in [2.45, 2.75) is 48.7 Å². The molecule has 116 valence electrons. The van der Waals surface area contributed by atoms with Gasteiger partial charge in [-0.3, -0.25) is 0 Å². The second-order valence-electron chi connectivity index (χ2n) is 5.63. The van der Waals surface area contributed by atoms with E-state index in [-0.39, 0.29) is 18.1 Å². The molecule has 2 saturated heterocycles. The lowest BCUT2D eigenvalue weighted by molar-refractivity contribution is 0.344. The van der Waals surface area contributed by atoms with Crippen LogP contribution in [0.3, 0.4) is 0 Å². The lowest BCUT2D eigenvalue weighted by Crippen LogP contribution is -2.48. The van der Waals surface area contributed by atoms with E-state index >= 15 is 0 Å². The smallest absolute Gasteiger partial charge is 0.246 e. The van der Waals surface area contributed by atoms with Crippen LogP contribution in [-0.2, 0) is 10.0 Å². The zero-order valence-corrected chi connectivity index (χ0v) is 11.9. The molecule has 0 radical (unpaired) electrons. The van der Waals surface area contributed by atoms with Crippen LogP contribution in [0, 0.1) is 17.5 Å². The number of hydrogen-bond acceptors (Lipinski definition) is 3. The number of halogens is 3. The molecule has 2 atom stereocenters. The van der Waals surface area contributed by atoms with E-state index in [1.54, 1.807) is 0 Å². The lowest BCUT2D eigenvalue weighted by Gasteiger charge is -2.29. The van der Waals surface area contributed by atoms with E-state index in [9.17, 15) is 21.6 Å². The monoisotopic (exact) mass is 320 g/mol. The van der Waals surface area contributed by atoms with Gasteiger partial charge in [-0.25, -0.2) is 26.3 Å². The normalized spacial score (nSPS) is 28.8. The average Bonchev–Trinajstić information content (AvgIpc) is 2.66. The Labute approximate surface area is 120 Å². The van der Waals surface area contributed by atoms with Gasteiger partial charge in [0.05, 0.1) is 0 Å². The van der Waals surface area contributed by atoms with E-state index in [0.29, 0.717) is 25.0 Å². The molecule has 0 saturated carbocycles. The minimum atomic E-state index is -4.35. The van der Waals surface area contributed by atoms with Crippen LogP contribution in [0.1, 0.15) is 25.7 Å². The second-order valence-corrected chi connectivity index (χ2v) is 7.28. The first-order valence-corrected chi connectivity index (χ1v) is 8.26. The molecule has 0 amide bonds. The van der Waals surface area contributed by atoms with Crippen molar-refractivity contribution in [3.8, 4) is 0 Å². The number of hydrogen-bond donors (Lipinski definition) is 2. The van der Waals surface area contributed by atoms with Crippen molar-refractivity contribution in [3.63, 3.8) is 0 Å². The van der Waals surface area contributed by atoms with Crippen molar-refractivity contribution in [2.24, 2.45) is 0 Å². The van der Waals surface area contributed by atoms with E-state index in [1.165, 1.54) is 0 Å². The van der Waals surface area contributed by atoms with E-state index in [1.807, 2.05) is 0 Å². The molecule has 2 aliphatic heterocycles. The highest BCUT2D eigenvalue weighted by Crippen LogP contribution is 2.28. The molecule has 8 heteroatoms. The van der Waals surface area contributed by atoms with Crippen LogP contribution >= 0.6 is 0 Å². The van der Waals surface area contributed by atoms with Crippen molar-refractivity contribution in [1.82, 2.24) is 10.0 Å². The Balaban J connectivity index is 1.84. The number of rotatable bonds is 3. The van der Waals surface area contributed by atoms with Crippen LogP contribution in [0.4, 0.5) is 13.2 Å². The van der Waals surface area contributed by atoms with Gasteiger partial charge in [0, 0.05) is 30.3 Å². The first-order valence-electron chi connectivity index (χ1n) is 6.78. The largest absolute Gasteiger partial charge is 0.311 e. The van der Waals surface area contributed by atoms with E-state index in [2.05, 4.69) is 10.0 Å². The molecule has 0 aliphatic carbocycles. The molecular weight excluding hydrogens is 305 g/mol. The maximum absolute atomic E-state index is 13.6. The van der Waals surface area contributed by atoms with Crippen LogP contribution in [0.5, 0.6) is 0 Å². The van der Waals surface area contributed by atoms with E-state index < -0.39 is 32.4 Å². The highest BCUT2D eigenvalue weighted by Gasteiger charge is 2.36. The zero-order valence-electron chi connectivity index (χ0n) is 11.1. The number of benzene rings is 1. The van der Waals surface area contributed by atoms with Gasteiger partial charge in [-0.05, 0) is 25.7 Å².